The zero-order valence-corrected chi connectivity index (χ0v) is 11.7. The Morgan fingerprint density at radius 3 is 3.00 bits per heavy atom. The minimum atomic E-state index is -0.695. The first-order chi connectivity index (χ1) is 8.66. The monoisotopic (exact) mass is 264 g/mol. The Hall–Kier alpha value is -1.13. The molecule has 98 valence electrons. The van der Waals surface area contributed by atoms with Crippen molar-refractivity contribution < 1.29 is 4.21 Å². The molecule has 1 aromatic heterocycles. The van der Waals surface area contributed by atoms with Crippen molar-refractivity contribution in [1.29, 1.82) is 0 Å². The summed E-state index contributed by atoms with van der Waals surface area (Å²) in [5.74, 6) is 0.766. The summed E-state index contributed by atoms with van der Waals surface area (Å²) in [5, 5.41) is 4.76. The fourth-order valence-electron chi connectivity index (χ4n) is 2.03. The minimum Gasteiger partial charge on any atom is -0.361 e. The first kappa shape index (κ1) is 13.3. The molecule has 2 unspecified atom stereocenters. The molecule has 0 fully saturated rings. The molecular formula is C14H20N2OS. The molecule has 0 saturated carbocycles. The van der Waals surface area contributed by atoms with E-state index in [1.807, 2.05) is 6.20 Å². The maximum atomic E-state index is 11.0. The highest BCUT2D eigenvalue weighted by molar-refractivity contribution is 7.84. The van der Waals surface area contributed by atoms with Gasteiger partial charge in [0.25, 0.3) is 0 Å². The third-order valence-corrected chi connectivity index (χ3v) is 3.98. The summed E-state index contributed by atoms with van der Waals surface area (Å²) < 4.78 is 11.0. The molecule has 0 bridgehead atoms. The Balaban J connectivity index is 1.93. The van der Waals surface area contributed by atoms with Crippen LogP contribution in [0.15, 0.2) is 30.5 Å². The molecule has 0 aliphatic carbocycles. The van der Waals surface area contributed by atoms with E-state index < -0.39 is 10.8 Å². The van der Waals surface area contributed by atoms with Crippen LogP contribution in [0.2, 0.25) is 0 Å². The van der Waals surface area contributed by atoms with E-state index in [2.05, 4.69) is 41.5 Å². The summed E-state index contributed by atoms with van der Waals surface area (Å²) in [5.41, 5.74) is 2.48. The maximum absolute atomic E-state index is 11.0. The number of hydrogen-bond donors (Lipinski definition) is 2. The van der Waals surface area contributed by atoms with Crippen LogP contribution in [-0.4, -0.2) is 27.2 Å². The highest BCUT2D eigenvalue weighted by Gasteiger charge is 2.05. The van der Waals surface area contributed by atoms with Crippen LogP contribution in [0, 0.1) is 0 Å². The van der Waals surface area contributed by atoms with Gasteiger partial charge in [-0.25, -0.2) is 0 Å². The van der Waals surface area contributed by atoms with Gasteiger partial charge >= 0.3 is 0 Å². The van der Waals surface area contributed by atoms with Gasteiger partial charge in [-0.1, -0.05) is 12.1 Å². The van der Waals surface area contributed by atoms with Crippen LogP contribution >= 0.6 is 0 Å². The summed E-state index contributed by atoms with van der Waals surface area (Å²) in [6, 6.07) is 8.80. The van der Waals surface area contributed by atoms with Gasteiger partial charge in [-0.2, -0.15) is 0 Å². The van der Waals surface area contributed by atoms with E-state index in [4.69, 9.17) is 0 Å². The Labute approximate surface area is 110 Å². The predicted octanol–water partition coefficient (Wildman–Crippen LogP) is 2.41. The summed E-state index contributed by atoms with van der Waals surface area (Å²) in [6.07, 6.45) is 4.68. The number of hydrogen-bond acceptors (Lipinski definition) is 2. The number of nitrogens with one attached hydrogen (secondary N) is 2. The lowest BCUT2D eigenvalue weighted by Crippen LogP contribution is -2.27. The number of aromatic amines is 1. The lowest BCUT2D eigenvalue weighted by atomic mass is 10.1. The number of aromatic nitrogens is 1. The molecule has 0 spiro atoms. The van der Waals surface area contributed by atoms with E-state index in [0.29, 0.717) is 6.04 Å². The van der Waals surface area contributed by atoms with E-state index in [1.165, 1.54) is 16.5 Å². The van der Waals surface area contributed by atoms with Crippen molar-refractivity contribution in [3.63, 3.8) is 0 Å². The van der Waals surface area contributed by atoms with E-state index in [-0.39, 0.29) is 0 Å². The summed E-state index contributed by atoms with van der Waals surface area (Å²) in [4.78, 5) is 3.22. The van der Waals surface area contributed by atoms with Crippen molar-refractivity contribution in [2.24, 2.45) is 0 Å². The summed E-state index contributed by atoms with van der Waals surface area (Å²) in [7, 11) is -0.695. The van der Waals surface area contributed by atoms with Crippen LogP contribution in [0.1, 0.15) is 18.9 Å². The molecule has 0 amide bonds. The molecule has 1 aromatic carbocycles. The SMILES string of the molecule is CC(CCS(C)=O)NCc1cccc2[nH]ccc12. The van der Waals surface area contributed by atoms with Crippen LogP contribution in [0.3, 0.4) is 0 Å². The Morgan fingerprint density at radius 2 is 2.22 bits per heavy atom. The maximum Gasteiger partial charge on any atom is 0.0457 e. The van der Waals surface area contributed by atoms with Gasteiger partial charge in [0, 0.05) is 52.5 Å². The Kier molecular flexibility index (Phi) is 4.55. The molecule has 0 radical (unpaired) electrons. The molecule has 3 nitrogen and oxygen atoms in total. The van der Waals surface area contributed by atoms with Crippen LogP contribution in [-0.2, 0) is 17.3 Å². The van der Waals surface area contributed by atoms with Crippen LogP contribution in [0.5, 0.6) is 0 Å². The van der Waals surface area contributed by atoms with Crippen LogP contribution < -0.4 is 5.32 Å². The first-order valence-electron chi connectivity index (χ1n) is 6.25. The molecule has 2 rings (SSSR count). The molecular weight excluding hydrogens is 244 g/mol. The molecule has 1 heterocycles. The van der Waals surface area contributed by atoms with E-state index >= 15 is 0 Å². The molecule has 18 heavy (non-hydrogen) atoms. The Morgan fingerprint density at radius 1 is 1.39 bits per heavy atom. The minimum absolute atomic E-state index is 0.392. The van der Waals surface area contributed by atoms with E-state index in [1.54, 1.807) is 6.26 Å². The van der Waals surface area contributed by atoms with Crippen molar-refractivity contribution >= 4 is 21.7 Å². The van der Waals surface area contributed by atoms with E-state index in [9.17, 15) is 4.21 Å². The number of benzene rings is 1. The second-order valence-electron chi connectivity index (χ2n) is 4.70. The zero-order chi connectivity index (χ0) is 13.0. The largest absolute Gasteiger partial charge is 0.361 e. The highest BCUT2D eigenvalue weighted by atomic mass is 32.2. The smallest absolute Gasteiger partial charge is 0.0457 e. The van der Waals surface area contributed by atoms with Gasteiger partial charge in [0.15, 0.2) is 0 Å². The van der Waals surface area contributed by atoms with Crippen molar-refractivity contribution in [3.05, 3.63) is 36.0 Å². The molecule has 0 aliphatic heterocycles. The standard InChI is InChI=1S/C14H20N2OS/c1-11(7-9-18(2)17)16-10-12-4-3-5-14-13(12)6-8-15-14/h3-6,8,11,15-16H,7,9-10H2,1-2H3. The quantitative estimate of drug-likeness (QED) is 0.841. The van der Waals surface area contributed by atoms with Gasteiger partial charge in [-0.15, -0.1) is 0 Å². The molecule has 2 aromatic rings. The average Bonchev–Trinajstić information content (AvgIpc) is 2.82. The number of H-pyrrole nitrogens is 1. The van der Waals surface area contributed by atoms with Crippen molar-refractivity contribution in [2.75, 3.05) is 12.0 Å². The normalized spacial score (nSPS) is 14.8. The average molecular weight is 264 g/mol. The number of fused-ring (bicyclic) bond motifs is 1. The predicted molar refractivity (Wildman–Crippen MR) is 78.2 cm³/mol. The topological polar surface area (TPSA) is 44.9 Å². The Bertz CT molecular complexity index is 535. The fraction of sp³-hybridized carbons (Fsp3) is 0.429. The van der Waals surface area contributed by atoms with Crippen LogP contribution in [0.25, 0.3) is 10.9 Å². The zero-order valence-electron chi connectivity index (χ0n) is 10.9. The van der Waals surface area contributed by atoms with Gasteiger partial charge in [0.1, 0.15) is 0 Å². The second kappa shape index (κ2) is 6.16. The van der Waals surface area contributed by atoms with Crippen molar-refractivity contribution in [1.82, 2.24) is 10.3 Å². The molecule has 4 heteroatoms. The van der Waals surface area contributed by atoms with Crippen molar-refractivity contribution in [2.45, 2.75) is 25.9 Å². The highest BCUT2D eigenvalue weighted by Crippen LogP contribution is 2.17. The summed E-state index contributed by atoms with van der Waals surface area (Å²) in [6.45, 7) is 3.00. The first-order valence-corrected chi connectivity index (χ1v) is 7.98. The fourth-order valence-corrected chi connectivity index (χ4v) is 2.72. The third-order valence-electron chi connectivity index (χ3n) is 3.16. The van der Waals surface area contributed by atoms with Gasteiger partial charge in [-0.05, 0) is 31.0 Å². The third kappa shape index (κ3) is 3.43. The van der Waals surface area contributed by atoms with Gasteiger partial charge in [0.2, 0.25) is 0 Å². The molecule has 2 N–H and O–H groups in total. The van der Waals surface area contributed by atoms with Crippen LogP contribution in [0.4, 0.5) is 0 Å². The molecule has 0 aliphatic rings. The molecule has 0 saturated heterocycles. The van der Waals surface area contributed by atoms with Gasteiger partial charge in [-0.3, -0.25) is 4.21 Å². The summed E-state index contributed by atoms with van der Waals surface area (Å²) >= 11 is 0. The van der Waals surface area contributed by atoms with Crippen molar-refractivity contribution in [3.8, 4) is 0 Å². The molecule has 2 atom stereocenters. The second-order valence-corrected chi connectivity index (χ2v) is 6.26. The van der Waals surface area contributed by atoms with Gasteiger partial charge in [0.05, 0.1) is 0 Å². The number of rotatable bonds is 6. The van der Waals surface area contributed by atoms with E-state index in [0.717, 1.165) is 18.7 Å². The van der Waals surface area contributed by atoms with Gasteiger partial charge < -0.3 is 10.3 Å². The lowest BCUT2D eigenvalue weighted by molar-refractivity contribution is 0.536. The lowest BCUT2D eigenvalue weighted by Gasteiger charge is -2.13.